The van der Waals surface area contributed by atoms with Gasteiger partial charge in [0, 0.05) is 12.3 Å². The van der Waals surface area contributed by atoms with Gasteiger partial charge >= 0.3 is 11.9 Å². The summed E-state index contributed by atoms with van der Waals surface area (Å²) in [5, 5.41) is 0. The van der Waals surface area contributed by atoms with E-state index in [4.69, 9.17) is 21.1 Å². The van der Waals surface area contributed by atoms with Crippen molar-refractivity contribution < 1.29 is 19.1 Å². The van der Waals surface area contributed by atoms with Gasteiger partial charge in [-0.05, 0) is 30.5 Å². The molecule has 0 spiro atoms. The maximum absolute atomic E-state index is 11.6. The van der Waals surface area contributed by atoms with E-state index < -0.39 is 5.97 Å². The van der Waals surface area contributed by atoms with Gasteiger partial charge in [-0.25, -0.2) is 4.79 Å². The fourth-order valence-electron chi connectivity index (χ4n) is 1.80. The molecule has 1 aromatic carbocycles. The fourth-order valence-corrected chi connectivity index (χ4v) is 2.11. The molecule has 0 aliphatic rings. The number of ether oxygens (including phenoxy) is 2. The molecular formula is C14H17ClO4. The van der Waals surface area contributed by atoms with Gasteiger partial charge in [0.1, 0.15) is 0 Å². The second-order valence-electron chi connectivity index (χ2n) is 3.87. The number of halogens is 1. The van der Waals surface area contributed by atoms with E-state index in [1.165, 1.54) is 7.11 Å². The lowest BCUT2D eigenvalue weighted by Gasteiger charge is -2.11. The van der Waals surface area contributed by atoms with E-state index in [1.807, 2.05) is 6.07 Å². The molecule has 0 saturated carbocycles. The van der Waals surface area contributed by atoms with Gasteiger partial charge in [-0.15, -0.1) is 11.6 Å². The molecule has 0 fully saturated rings. The van der Waals surface area contributed by atoms with Crippen LogP contribution in [0.15, 0.2) is 18.2 Å². The summed E-state index contributed by atoms with van der Waals surface area (Å²) in [6.07, 6.45) is 0.758. The Bertz CT molecular complexity index is 457. The normalized spacial score (nSPS) is 10.1. The molecule has 0 saturated heterocycles. The van der Waals surface area contributed by atoms with Gasteiger partial charge in [0.2, 0.25) is 0 Å². The van der Waals surface area contributed by atoms with Crippen LogP contribution in [0.3, 0.4) is 0 Å². The summed E-state index contributed by atoms with van der Waals surface area (Å²) >= 11 is 5.89. The molecule has 0 heterocycles. The van der Waals surface area contributed by atoms with Crippen molar-refractivity contribution in [3.8, 4) is 0 Å². The maximum Gasteiger partial charge on any atom is 0.338 e. The fraction of sp³-hybridized carbons (Fsp3) is 0.429. The molecule has 0 amide bonds. The number of carbonyl (C=O) groups is 2. The Kier molecular flexibility index (Phi) is 6.36. The van der Waals surface area contributed by atoms with Crippen molar-refractivity contribution in [3.63, 3.8) is 0 Å². The summed E-state index contributed by atoms with van der Waals surface area (Å²) in [6.45, 7) is 2.13. The third-order valence-electron chi connectivity index (χ3n) is 2.72. The van der Waals surface area contributed by atoms with Gasteiger partial charge in [-0.3, -0.25) is 4.79 Å². The molecule has 0 aliphatic heterocycles. The Morgan fingerprint density at radius 2 is 2.05 bits per heavy atom. The van der Waals surface area contributed by atoms with Crippen molar-refractivity contribution in [2.75, 3.05) is 13.7 Å². The van der Waals surface area contributed by atoms with Gasteiger partial charge in [0.25, 0.3) is 0 Å². The number of benzene rings is 1. The van der Waals surface area contributed by atoms with Gasteiger partial charge < -0.3 is 9.47 Å². The summed E-state index contributed by atoms with van der Waals surface area (Å²) in [6, 6.07) is 5.27. The summed E-state index contributed by atoms with van der Waals surface area (Å²) in [4.78, 5) is 23.0. The third-order valence-corrected chi connectivity index (χ3v) is 2.98. The maximum atomic E-state index is 11.6. The second kappa shape index (κ2) is 7.79. The highest BCUT2D eigenvalue weighted by atomic mass is 35.5. The van der Waals surface area contributed by atoms with E-state index in [0.29, 0.717) is 24.2 Å². The Morgan fingerprint density at radius 3 is 2.63 bits per heavy atom. The monoisotopic (exact) mass is 284 g/mol. The lowest BCUT2D eigenvalue weighted by Crippen LogP contribution is -2.10. The van der Waals surface area contributed by atoms with Crippen molar-refractivity contribution in [2.24, 2.45) is 0 Å². The third kappa shape index (κ3) is 4.24. The first-order chi connectivity index (χ1) is 9.13. The largest absolute Gasteiger partial charge is 0.466 e. The zero-order valence-electron chi connectivity index (χ0n) is 11.1. The zero-order valence-corrected chi connectivity index (χ0v) is 11.8. The first-order valence-corrected chi connectivity index (χ1v) is 6.58. The summed E-state index contributed by atoms with van der Waals surface area (Å²) in [5.74, 6) is -0.483. The highest BCUT2D eigenvalue weighted by Gasteiger charge is 2.15. The molecule has 0 unspecified atom stereocenters. The predicted octanol–water partition coefficient (Wildman–Crippen LogP) is 2.71. The van der Waals surface area contributed by atoms with E-state index in [-0.39, 0.29) is 18.3 Å². The lowest BCUT2D eigenvalue weighted by molar-refractivity contribution is -0.143. The van der Waals surface area contributed by atoms with E-state index in [2.05, 4.69) is 0 Å². The predicted molar refractivity (Wildman–Crippen MR) is 72.3 cm³/mol. The van der Waals surface area contributed by atoms with Crippen LogP contribution in [-0.2, 0) is 26.6 Å². The lowest BCUT2D eigenvalue weighted by atomic mass is 9.99. The van der Waals surface area contributed by atoms with E-state index in [9.17, 15) is 9.59 Å². The highest BCUT2D eigenvalue weighted by Crippen LogP contribution is 2.20. The minimum Gasteiger partial charge on any atom is -0.466 e. The molecule has 0 atom stereocenters. The number of hydrogen-bond donors (Lipinski definition) is 0. The summed E-state index contributed by atoms with van der Waals surface area (Å²) in [5.41, 5.74) is 2.02. The topological polar surface area (TPSA) is 52.6 Å². The van der Waals surface area contributed by atoms with Crippen LogP contribution in [-0.4, -0.2) is 25.7 Å². The van der Waals surface area contributed by atoms with E-state index >= 15 is 0 Å². The van der Waals surface area contributed by atoms with Crippen LogP contribution in [0, 0.1) is 0 Å². The Balaban J connectivity index is 2.89. The SMILES string of the molecule is CCOC(=O)CCc1cccc(C(=O)OC)c1CCl. The molecule has 0 aromatic heterocycles. The number of carbonyl (C=O) groups excluding carboxylic acids is 2. The molecule has 0 radical (unpaired) electrons. The number of alkyl halides is 1. The minimum absolute atomic E-state index is 0.198. The van der Waals surface area contributed by atoms with Crippen LogP contribution < -0.4 is 0 Å². The summed E-state index contributed by atoms with van der Waals surface area (Å²) < 4.78 is 9.58. The first kappa shape index (κ1) is 15.5. The van der Waals surface area contributed by atoms with Crippen LogP contribution >= 0.6 is 11.6 Å². The molecule has 1 rings (SSSR count). The van der Waals surface area contributed by atoms with Gasteiger partial charge in [0.05, 0.1) is 19.3 Å². The van der Waals surface area contributed by atoms with Gasteiger partial charge in [-0.2, -0.15) is 0 Å². The molecule has 4 nitrogen and oxygen atoms in total. The average molecular weight is 285 g/mol. The summed E-state index contributed by atoms with van der Waals surface area (Å²) in [7, 11) is 1.33. The molecule has 0 aliphatic carbocycles. The van der Waals surface area contributed by atoms with Crippen molar-refractivity contribution in [2.45, 2.75) is 25.6 Å². The zero-order chi connectivity index (χ0) is 14.3. The van der Waals surface area contributed by atoms with E-state index in [0.717, 1.165) is 5.56 Å². The van der Waals surface area contributed by atoms with Crippen molar-refractivity contribution in [1.29, 1.82) is 0 Å². The molecule has 1 aromatic rings. The molecule has 0 N–H and O–H groups in total. The van der Waals surface area contributed by atoms with Gasteiger partial charge in [0.15, 0.2) is 0 Å². The Labute approximate surface area is 117 Å². The molecule has 0 bridgehead atoms. The second-order valence-corrected chi connectivity index (χ2v) is 4.14. The Morgan fingerprint density at radius 1 is 1.32 bits per heavy atom. The highest BCUT2D eigenvalue weighted by molar-refractivity contribution is 6.17. The molecule has 104 valence electrons. The number of hydrogen-bond acceptors (Lipinski definition) is 4. The number of esters is 2. The van der Waals surface area contributed by atoms with Crippen LogP contribution in [0.1, 0.15) is 34.8 Å². The van der Waals surface area contributed by atoms with Crippen molar-refractivity contribution in [3.05, 3.63) is 34.9 Å². The molecular weight excluding hydrogens is 268 g/mol. The average Bonchev–Trinajstić information content (AvgIpc) is 2.44. The van der Waals surface area contributed by atoms with Crippen LogP contribution in [0.2, 0.25) is 0 Å². The smallest absolute Gasteiger partial charge is 0.338 e. The Hall–Kier alpha value is -1.55. The van der Waals surface area contributed by atoms with Gasteiger partial charge in [-0.1, -0.05) is 12.1 Å². The van der Waals surface area contributed by atoms with Crippen molar-refractivity contribution >= 4 is 23.5 Å². The number of methoxy groups -OCH3 is 1. The minimum atomic E-state index is -0.423. The standard InChI is InChI=1S/C14H17ClO4/c1-3-19-13(16)8-7-10-5-4-6-11(12(10)9-15)14(17)18-2/h4-6H,3,7-9H2,1-2H3. The number of aryl methyl sites for hydroxylation is 1. The number of rotatable bonds is 6. The molecule has 19 heavy (non-hydrogen) atoms. The molecule has 5 heteroatoms. The first-order valence-electron chi connectivity index (χ1n) is 6.04. The van der Waals surface area contributed by atoms with Crippen LogP contribution in [0.4, 0.5) is 0 Å². The van der Waals surface area contributed by atoms with E-state index in [1.54, 1.807) is 19.1 Å². The quantitative estimate of drug-likeness (QED) is 0.595. The van der Waals surface area contributed by atoms with Crippen LogP contribution in [0.5, 0.6) is 0 Å². The van der Waals surface area contributed by atoms with Crippen molar-refractivity contribution in [1.82, 2.24) is 0 Å². The van der Waals surface area contributed by atoms with Crippen LogP contribution in [0.25, 0.3) is 0 Å².